The van der Waals surface area contributed by atoms with Gasteiger partial charge in [0.2, 0.25) is 5.70 Å². The number of carbonyl (C=O) groups excluding carboxylic acids is 1. The van der Waals surface area contributed by atoms with Crippen molar-refractivity contribution in [2.24, 2.45) is 11.8 Å². The van der Waals surface area contributed by atoms with Crippen molar-refractivity contribution >= 4 is 5.78 Å². The predicted octanol–water partition coefficient (Wildman–Crippen LogP) is 6.56. The van der Waals surface area contributed by atoms with E-state index in [0.29, 0.717) is 5.92 Å². The van der Waals surface area contributed by atoms with E-state index >= 15 is 0 Å². The molecule has 4 heteroatoms. The Morgan fingerprint density at radius 1 is 1.15 bits per heavy atom. The zero-order valence-corrected chi connectivity index (χ0v) is 20.4. The molecule has 2 aliphatic carbocycles. The molecule has 5 rings (SSSR count). The molecule has 0 saturated carbocycles. The summed E-state index contributed by atoms with van der Waals surface area (Å²) in [6.07, 6.45) is 3.72. The van der Waals surface area contributed by atoms with Gasteiger partial charge >= 0.3 is 0 Å². The molecule has 0 N–H and O–H groups in total. The molecule has 172 valence electrons. The molecule has 0 fully saturated rings. The molecule has 0 aliphatic heterocycles. The second-order valence-electron chi connectivity index (χ2n) is 10.3. The quantitative estimate of drug-likeness (QED) is 0.423. The summed E-state index contributed by atoms with van der Waals surface area (Å²) in [6, 6.07) is 19.3. The number of hydrogen-bond acceptors (Lipinski definition) is 2. The smallest absolute Gasteiger partial charge is 0.226 e. The van der Waals surface area contributed by atoms with E-state index in [1.807, 2.05) is 19.1 Å². The number of ketones is 1. The number of rotatable bonds is 4. The van der Waals surface area contributed by atoms with E-state index in [4.69, 9.17) is 11.6 Å². The Morgan fingerprint density at radius 3 is 2.50 bits per heavy atom. The highest BCUT2D eigenvalue weighted by Gasteiger charge is 2.50. The van der Waals surface area contributed by atoms with E-state index in [2.05, 4.69) is 78.7 Å². The van der Waals surface area contributed by atoms with Crippen molar-refractivity contribution in [3.05, 3.63) is 100 Å². The molecule has 0 spiro atoms. The van der Waals surface area contributed by atoms with Gasteiger partial charge in [-0.1, -0.05) is 88.4 Å². The van der Waals surface area contributed by atoms with Gasteiger partial charge in [0.25, 0.3) is 0 Å². The maximum Gasteiger partial charge on any atom is 0.226 e. The summed E-state index contributed by atoms with van der Waals surface area (Å²) >= 11 is 0. The van der Waals surface area contributed by atoms with Crippen LogP contribution < -0.4 is 0 Å². The number of hydrogen-bond donors (Lipinski definition) is 0. The molecule has 4 nitrogen and oxygen atoms in total. The first kappa shape index (κ1) is 22.3. The highest BCUT2D eigenvalue weighted by Crippen LogP contribution is 2.50. The number of nitrogens with zero attached hydrogens (tertiary/aromatic N) is 3. The van der Waals surface area contributed by atoms with E-state index in [-0.39, 0.29) is 23.3 Å². The maximum atomic E-state index is 12.8. The average Bonchev–Trinajstić information content (AvgIpc) is 3.21. The van der Waals surface area contributed by atoms with Crippen LogP contribution in [-0.2, 0) is 23.2 Å². The van der Waals surface area contributed by atoms with Gasteiger partial charge in [0, 0.05) is 29.1 Å². The van der Waals surface area contributed by atoms with Crippen LogP contribution in [0.4, 0.5) is 0 Å². The summed E-state index contributed by atoms with van der Waals surface area (Å²) in [4.78, 5) is 21.7. The molecule has 0 bridgehead atoms. The summed E-state index contributed by atoms with van der Waals surface area (Å²) in [5.41, 5.74) is 5.75. The van der Waals surface area contributed by atoms with Gasteiger partial charge in [0.05, 0.1) is 12.3 Å². The molecular formula is C30H31N3O. The first-order chi connectivity index (χ1) is 16.3. The van der Waals surface area contributed by atoms with Crippen molar-refractivity contribution in [1.29, 1.82) is 0 Å². The first-order valence-electron chi connectivity index (χ1n) is 12.2. The van der Waals surface area contributed by atoms with Crippen LogP contribution in [0.1, 0.15) is 62.5 Å². The van der Waals surface area contributed by atoms with Gasteiger partial charge in [-0.15, -0.1) is 0 Å². The maximum absolute atomic E-state index is 12.8. The minimum absolute atomic E-state index is 0.0193. The second-order valence-corrected chi connectivity index (χ2v) is 10.3. The van der Waals surface area contributed by atoms with Crippen molar-refractivity contribution in [3.63, 3.8) is 0 Å². The van der Waals surface area contributed by atoms with E-state index in [0.717, 1.165) is 36.5 Å². The third-order valence-corrected chi connectivity index (χ3v) is 7.89. The van der Waals surface area contributed by atoms with Crippen LogP contribution >= 0.6 is 0 Å². The Labute approximate surface area is 202 Å². The van der Waals surface area contributed by atoms with Crippen LogP contribution in [0.5, 0.6) is 0 Å². The summed E-state index contributed by atoms with van der Waals surface area (Å²) in [5, 5.41) is 0. The van der Waals surface area contributed by atoms with Gasteiger partial charge in [0.1, 0.15) is 5.82 Å². The Hall–Kier alpha value is -3.45. The molecule has 0 saturated heterocycles. The Kier molecular flexibility index (Phi) is 5.52. The largest absolute Gasteiger partial charge is 0.323 e. The number of aromatic nitrogens is 2. The SMILES string of the molecule is [C-]#[N+]C1=C[C@@]2(C)c3nc(-c4ccc(C(C)C)cc4)n(Cc4ccccc4)c3CC[C@@H]2[C@@H](C)C1=O. The molecule has 1 aromatic heterocycles. The first-order valence-corrected chi connectivity index (χ1v) is 12.2. The van der Waals surface area contributed by atoms with Crippen molar-refractivity contribution in [2.45, 2.75) is 58.4 Å². The normalized spacial score (nSPS) is 23.8. The number of Topliss-reactive ketones (excluding diaryl/α,β-unsaturated/α-hetero) is 1. The lowest BCUT2D eigenvalue weighted by molar-refractivity contribution is -0.121. The van der Waals surface area contributed by atoms with Crippen LogP contribution in [-0.4, -0.2) is 15.3 Å². The molecule has 2 aliphatic rings. The third-order valence-electron chi connectivity index (χ3n) is 7.89. The number of imidazole rings is 1. The molecule has 1 heterocycles. The van der Waals surface area contributed by atoms with Crippen LogP contribution in [0.25, 0.3) is 16.2 Å². The van der Waals surface area contributed by atoms with Crippen LogP contribution in [0, 0.1) is 18.4 Å². The van der Waals surface area contributed by atoms with Crippen molar-refractivity contribution < 1.29 is 4.79 Å². The molecule has 3 atom stereocenters. The monoisotopic (exact) mass is 449 g/mol. The summed E-state index contributed by atoms with van der Waals surface area (Å²) in [5.74, 6) is 1.42. The van der Waals surface area contributed by atoms with Gasteiger partial charge in [-0.2, -0.15) is 0 Å². The fourth-order valence-electron chi connectivity index (χ4n) is 5.92. The van der Waals surface area contributed by atoms with Gasteiger partial charge in [0.15, 0.2) is 5.78 Å². The topological polar surface area (TPSA) is 39.2 Å². The van der Waals surface area contributed by atoms with E-state index < -0.39 is 5.41 Å². The lowest BCUT2D eigenvalue weighted by atomic mass is 9.59. The van der Waals surface area contributed by atoms with E-state index in [9.17, 15) is 4.79 Å². The lowest BCUT2D eigenvalue weighted by Crippen LogP contribution is -2.45. The number of allylic oxidation sites excluding steroid dienone is 2. The number of fused-ring (bicyclic) bond motifs is 3. The third kappa shape index (κ3) is 3.51. The van der Waals surface area contributed by atoms with Gasteiger partial charge < -0.3 is 9.36 Å². The van der Waals surface area contributed by atoms with E-state index in [1.165, 1.54) is 16.8 Å². The molecular weight excluding hydrogens is 418 g/mol. The summed E-state index contributed by atoms with van der Waals surface area (Å²) < 4.78 is 2.36. The zero-order chi connectivity index (χ0) is 24.0. The minimum atomic E-state index is -0.421. The molecule has 0 amide bonds. The zero-order valence-electron chi connectivity index (χ0n) is 20.4. The fraction of sp³-hybridized carbons (Fsp3) is 0.367. The van der Waals surface area contributed by atoms with Crippen LogP contribution in [0.3, 0.4) is 0 Å². The predicted molar refractivity (Wildman–Crippen MR) is 135 cm³/mol. The molecule has 0 radical (unpaired) electrons. The molecule has 34 heavy (non-hydrogen) atoms. The van der Waals surface area contributed by atoms with Crippen LogP contribution in [0.2, 0.25) is 0 Å². The van der Waals surface area contributed by atoms with Crippen molar-refractivity contribution in [2.75, 3.05) is 0 Å². The minimum Gasteiger partial charge on any atom is -0.323 e. The fourth-order valence-corrected chi connectivity index (χ4v) is 5.92. The summed E-state index contributed by atoms with van der Waals surface area (Å²) in [7, 11) is 0. The lowest BCUT2D eigenvalue weighted by Gasteiger charge is -2.44. The average molecular weight is 450 g/mol. The second kappa shape index (κ2) is 8.40. The summed E-state index contributed by atoms with van der Waals surface area (Å²) in [6.45, 7) is 16.9. The van der Waals surface area contributed by atoms with Crippen LogP contribution in [0.15, 0.2) is 66.4 Å². The number of benzene rings is 2. The van der Waals surface area contributed by atoms with E-state index in [1.54, 1.807) is 0 Å². The highest BCUT2D eigenvalue weighted by atomic mass is 16.1. The van der Waals surface area contributed by atoms with Gasteiger partial charge in [-0.05, 0) is 35.8 Å². The molecule has 3 aromatic rings. The number of carbonyl (C=O) groups is 1. The van der Waals surface area contributed by atoms with Gasteiger partial charge in [-0.25, -0.2) is 9.83 Å². The van der Waals surface area contributed by atoms with Gasteiger partial charge in [-0.3, -0.25) is 0 Å². The Balaban J connectivity index is 1.70. The van der Waals surface area contributed by atoms with Crippen molar-refractivity contribution in [3.8, 4) is 11.4 Å². The van der Waals surface area contributed by atoms with Crippen molar-refractivity contribution in [1.82, 2.24) is 9.55 Å². The molecule has 0 unspecified atom stereocenters. The Morgan fingerprint density at radius 2 is 1.85 bits per heavy atom. The molecule has 2 aromatic carbocycles. The highest BCUT2D eigenvalue weighted by molar-refractivity contribution is 6.00. The standard InChI is InChI=1S/C30H31N3O/c1-19(2)22-11-13-23(14-12-22)29-32-28-26(33(29)18-21-9-7-6-8-10-21)16-15-24-20(3)27(34)25(31-5)17-30(24,28)4/h6-14,17,19-20,24H,15-16,18H2,1-4H3/t20-,24-,30-/m1/s1. The Bertz CT molecular complexity index is 1310.